The molecule has 5 nitrogen and oxygen atoms in total. The van der Waals surface area contributed by atoms with Gasteiger partial charge in [-0.1, -0.05) is 29.8 Å². The van der Waals surface area contributed by atoms with Gasteiger partial charge in [0.25, 0.3) is 5.91 Å². The monoisotopic (exact) mass is 415 g/mol. The lowest BCUT2D eigenvalue weighted by Gasteiger charge is -2.13. The molecule has 0 bridgehead atoms. The van der Waals surface area contributed by atoms with Crippen molar-refractivity contribution in [3.05, 3.63) is 82.0 Å². The molecule has 0 unspecified atom stereocenters. The molecule has 148 valence electrons. The molecule has 2 N–H and O–H groups in total. The van der Waals surface area contributed by atoms with Crippen molar-refractivity contribution in [1.29, 1.82) is 0 Å². The number of urea groups is 1. The minimum absolute atomic E-state index is 0.192. The normalized spacial score (nSPS) is 10.5. The first-order chi connectivity index (χ1) is 13.8. The fourth-order valence-corrected chi connectivity index (χ4v) is 3.10. The second-order valence-corrected chi connectivity index (χ2v) is 6.73. The third-order valence-electron chi connectivity index (χ3n) is 4.19. The van der Waals surface area contributed by atoms with Crippen molar-refractivity contribution in [3.8, 4) is 11.1 Å². The number of pyridine rings is 1. The number of nitrogens with zero attached hydrogens (tertiary/aromatic N) is 1. The SMILES string of the molecule is Cc1cc(NC(=O)NC(=O)c2c(F)cccc2F)nc(C)c1-c1ccc(Cl)cc1. The van der Waals surface area contributed by atoms with Gasteiger partial charge in [-0.2, -0.15) is 0 Å². The lowest BCUT2D eigenvalue weighted by atomic mass is 9.99. The highest BCUT2D eigenvalue weighted by atomic mass is 35.5. The molecule has 0 atom stereocenters. The van der Waals surface area contributed by atoms with E-state index in [0.29, 0.717) is 10.7 Å². The molecular weight excluding hydrogens is 400 g/mol. The Bertz CT molecular complexity index is 1060. The van der Waals surface area contributed by atoms with Crippen LogP contribution in [0, 0.1) is 25.5 Å². The van der Waals surface area contributed by atoms with Crippen LogP contribution in [0.2, 0.25) is 5.02 Å². The molecule has 0 fully saturated rings. The zero-order chi connectivity index (χ0) is 21.1. The van der Waals surface area contributed by atoms with E-state index in [4.69, 9.17) is 11.6 Å². The van der Waals surface area contributed by atoms with E-state index in [0.717, 1.165) is 34.9 Å². The quantitative estimate of drug-likeness (QED) is 0.613. The van der Waals surface area contributed by atoms with Crippen LogP contribution in [0.25, 0.3) is 11.1 Å². The first-order valence-electron chi connectivity index (χ1n) is 8.57. The van der Waals surface area contributed by atoms with E-state index in [2.05, 4.69) is 10.3 Å². The number of aryl methyl sites for hydroxylation is 2. The van der Waals surface area contributed by atoms with E-state index in [1.54, 1.807) is 25.1 Å². The van der Waals surface area contributed by atoms with Crippen LogP contribution >= 0.6 is 11.6 Å². The number of carbonyl (C=O) groups excluding carboxylic acids is 2. The summed E-state index contributed by atoms with van der Waals surface area (Å²) in [5.74, 6) is -3.12. The molecule has 8 heteroatoms. The van der Waals surface area contributed by atoms with E-state index in [9.17, 15) is 18.4 Å². The third-order valence-corrected chi connectivity index (χ3v) is 4.44. The lowest BCUT2D eigenvalue weighted by molar-refractivity contribution is 0.0959. The van der Waals surface area contributed by atoms with Crippen LogP contribution in [-0.4, -0.2) is 16.9 Å². The number of anilines is 1. The minimum atomic E-state index is -1.19. The minimum Gasteiger partial charge on any atom is -0.292 e. The highest BCUT2D eigenvalue weighted by Crippen LogP contribution is 2.29. The standard InChI is InChI=1S/C21H16ClF2N3O2/c1-11-10-17(25-12(2)18(11)13-6-8-14(22)9-7-13)26-21(29)27-20(28)19-15(23)4-3-5-16(19)24/h3-10H,1-2H3,(H2,25,26,27,28,29). The zero-order valence-corrected chi connectivity index (χ0v) is 16.3. The van der Waals surface area contributed by atoms with E-state index in [-0.39, 0.29) is 5.82 Å². The van der Waals surface area contributed by atoms with Crippen LogP contribution in [0.4, 0.5) is 19.4 Å². The Morgan fingerprint density at radius 2 is 1.62 bits per heavy atom. The summed E-state index contributed by atoms with van der Waals surface area (Å²) in [5, 5.41) is 4.91. The first kappa shape index (κ1) is 20.4. The summed E-state index contributed by atoms with van der Waals surface area (Å²) in [6, 6.07) is 10.9. The van der Waals surface area contributed by atoms with Crippen molar-refractivity contribution in [2.45, 2.75) is 13.8 Å². The third kappa shape index (κ3) is 4.57. The summed E-state index contributed by atoms with van der Waals surface area (Å²) in [5.41, 5.74) is 2.45. The van der Waals surface area contributed by atoms with Crippen LogP contribution in [-0.2, 0) is 0 Å². The molecule has 29 heavy (non-hydrogen) atoms. The molecule has 1 heterocycles. The van der Waals surface area contributed by atoms with Crippen molar-refractivity contribution in [1.82, 2.24) is 10.3 Å². The lowest BCUT2D eigenvalue weighted by Crippen LogP contribution is -2.35. The highest BCUT2D eigenvalue weighted by molar-refractivity contribution is 6.30. The summed E-state index contributed by atoms with van der Waals surface area (Å²) in [7, 11) is 0. The molecule has 0 spiro atoms. The number of benzene rings is 2. The number of aromatic nitrogens is 1. The molecule has 0 aliphatic heterocycles. The average molecular weight is 416 g/mol. The van der Waals surface area contributed by atoms with Gasteiger partial charge in [0.05, 0.1) is 0 Å². The number of carbonyl (C=O) groups is 2. The average Bonchev–Trinajstić information content (AvgIpc) is 2.62. The van der Waals surface area contributed by atoms with Gasteiger partial charge in [-0.25, -0.2) is 18.6 Å². The number of nitrogens with one attached hydrogen (secondary N) is 2. The van der Waals surface area contributed by atoms with Gasteiger partial charge in [0.2, 0.25) is 0 Å². The maximum absolute atomic E-state index is 13.7. The van der Waals surface area contributed by atoms with Crippen molar-refractivity contribution >= 4 is 29.4 Å². The Morgan fingerprint density at radius 1 is 1.00 bits per heavy atom. The van der Waals surface area contributed by atoms with Crippen molar-refractivity contribution < 1.29 is 18.4 Å². The van der Waals surface area contributed by atoms with Gasteiger partial charge in [0.15, 0.2) is 0 Å². The van der Waals surface area contributed by atoms with Gasteiger partial charge < -0.3 is 0 Å². The van der Waals surface area contributed by atoms with Crippen molar-refractivity contribution in [2.24, 2.45) is 0 Å². The molecule has 0 saturated carbocycles. The predicted octanol–water partition coefficient (Wildman–Crippen LogP) is 5.26. The molecule has 3 amide bonds. The predicted molar refractivity (Wildman–Crippen MR) is 107 cm³/mol. The number of rotatable bonds is 3. The van der Waals surface area contributed by atoms with E-state index in [1.807, 2.05) is 24.4 Å². The summed E-state index contributed by atoms with van der Waals surface area (Å²) in [6.45, 7) is 3.63. The van der Waals surface area contributed by atoms with Crippen LogP contribution in [0.3, 0.4) is 0 Å². The Kier molecular flexibility index (Phi) is 5.89. The number of hydrogen-bond acceptors (Lipinski definition) is 3. The number of amides is 3. The fraction of sp³-hybridized carbons (Fsp3) is 0.0952. The second-order valence-electron chi connectivity index (χ2n) is 6.30. The molecule has 0 radical (unpaired) electrons. The number of imide groups is 1. The topological polar surface area (TPSA) is 71.1 Å². The fourth-order valence-electron chi connectivity index (χ4n) is 2.98. The van der Waals surface area contributed by atoms with Crippen LogP contribution in [0.15, 0.2) is 48.5 Å². The molecule has 3 aromatic rings. The van der Waals surface area contributed by atoms with E-state index >= 15 is 0 Å². The highest BCUT2D eigenvalue weighted by Gasteiger charge is 2.19. The Hall–Kier alpha value is -3.32. The van der Waals surface area contributed by atoms with Crippen LogP contribution < -0.4 is 10.6 Å². The van der Waals surface area contributed by atoms with Crippen LogP contribution in [0.5, 0.6) is 0 Å². The maximum Gasteiger partial charge on any atom is 0.327 e. The summed E-state index contributed by atoms with van der Waals surface area (Å²) < 4.78 is 27.3. The van der Waals surface area contributed by atoms with Gasteiger partial charge in [0.1, 0.15) is 23.0 Å². The van der Waals surface area contributed by atoms with Crippen LogP contribution in [0.1, 0.15) is 21.6 Å². The molecular formula is C21H16ClF2N3O2. The van der Waals surface area contributed by atoms with E-state index < -0.39 is 29.1 Å². The Morgan fingerprint density at radius 3 is 2.21 bits per heavy atom. The van der Waals surface area contributed by atoms with Gasteiger partial charge >= 0.3 is 6.03 Å². The molecule has 0 aliphatic rings. The van der Waals surface area contributed by atoms with Gasteiger partial charge in [-0.15, -0.1) is 0 Å². The van der Waals surface area contributed by atoms with Crippen molar-refractivity contribution in [3.63, 3.8) is 0 Å². The number of hydrogen-bond donors (Lipinski definition) is 2. The van der Waals surface area contributed by atoms with E-state index in [1.165, 1.54) is 0 Å². The summed E-state index contributed by atoms with van der Waals surface area (Å²) in [6.07, 6.45) is 0. The molecule has 2 aromatic carbocycles. The Labute approximate surface area is 170 Å². The molecule has 0 saturated heterocycles. The van der Waals surface area contributed by atoms with Crippen molar-refractivity contribution in [2.75, 3.05) is 5.32 Å². The number of halogens is 3. The first-order valence-corrected chi connectivity index (χ1v) is 8.94. The smallest absolute Gasteiger partial charge is 0.292 e. The zero-order valence-electron chi connectivity index (χ0n) is 15.5. The maximum atomic E-state index is 13.7. The molecule has 3 rings (SSSR count). The summed E-state index contributed by atoms with van der Waals surface area (Å²) >= 11 is 5.92. The molecule has 0 aliphatic carbocycles. The summed E-state index contributed by atoms with van der Waals surface area (Å²) in [4.78, 5) is 28.4. The second kappa shape index (κ2) is 8.36. The van der Waals surface area contributed by atoms with Gasteiger partial charge in [-0.3, -0.25) is 15.4 Å². The van der Waals surface area contributed by atoms with Gasteiger partial charge in [0, 0.05) is 16.3 Å². The Balaban J connectivity index is 1.77. The largest absolute Gasteiger partial charge is 0.327 e. The molecule has 1 aromatic heterocycles. The van der Waals surface area contributed by atoms with Gasteiger partial charge in [-0.05, 0) is 55.3 Å².